The first kappa shape index (κ1) is 13.6. The van der Waals surface area contributed by atoms with Gasteiger partial charge in [-0.15, -0.1) is 0 Å². The van der Waals surface area contributed by atoms with Crippen LogP contribution in [-0.4, -0.2) is 24.1 Å². The number of esters is 1. The highest BCUT2D eigenvalue weighted by atomic mass is 16.5. The van der Waals surface area contributed by atoms with Crippen molar-refractivity contribution in [3.05, 3.63) is 36.0 Å². The van der Waals surface area contributed by atoms with Crippen molar-refractivity contribution < 1.29 is 9.53 Å². The van der Waals surface area contributed by atoms with Crippen molar-refractivity contribution in [2.75, 3.05) is 7.11 Å². The van der Waals surface area contributed by atoms with Gasteiger partial charge in [0.05, 0.1) is 13.0 Å². The Hall–Kier alpha value is -1.81. The minimum absolute atomic E-state index is 0.0479. The van der Waals surface area contributed by atoms with Gasteiger partial charge in [0.15, 0.2) is 0 Å². The SMILES string of the molecule is COC(=O)C(C)C[C@@H](N)Cc1c[nH]c2ccccc12. The van der Waals surface area contributed by atoms with Gasteiger partial charge in [0.1, 0.15) is 0 Å². The average molecular weight is 260 g/mol. The third-order valence-corrected chi connectivity index (χ3v) is 3.42. The van der Waals surface area contributed by atoms with Crippen LogP contribution in [0.5, 0.6) is 0 Å². The molecular formula is C15H20N2O2. The second-order valence-electron chi connectivity index (χ2n) is 4.98. The van der Waals surface area contributed by atoms with Gasteiger partial charge < -0.3 is 15.5 Å². The van der Waals surface area contributed by atoms with Gasteiger partial charge in [0.2, 0.25) is 0 Å². The second-order valence-corrected chi connectivity index (χ2v) is 4.98. The number of rotatable bonds is 5. The number of hydrogen-bond donors (Lipinski definition) is 2. The van der Waals surface area contributed by atoms with E-state index in [-0.39, 0.29) is 17.9 Å². The normalized spacial score (nSPS) is 14.3. The third-order valence-electron chi connectivity index (χ3n) is 3.42. The monoisotopic (exact) mass is 260 g/mol. The first-order valence-electron chi connectivity index (χ1n) is 6.50. The summed E-state index contributed by atoms with van der Waals surface area (Å²) in [7, 11) is 1.41. The minimum atomic E-state index is -0.200. The number of nitrogens with two attached hydrogens (primary N) is 1. The predicted molar refractivity (Wildman–Crippen MR) is 75.8 cm³/mol. The van der Waals surface area contributed by atoms with E-state index in [4.69, 9.17) is 10.5 Å². The number of fused-ring (bicyclic) bond motifs is 1. The quantitative estimate of drug-likeness (QED) is 0.810. The van der Waals surface area contributed by atoms with Crippen molar-refractivity contribution in [1.82, 2.24) is 4.98 Å². The zero-order valence-corrected chi connectivity index (χ0v) is 11.3. The number of H-pyrrole nitrogens is 1. The Morgan fingerprint density at radius 3 is 2.89 bits per heavy atom. The Morgan fingerprint density at radius 2 is 2.16 bits per heavy atom. The Balaban J connectivity index is 2.03. The van der Waals surface area contributed by atoms with Crippen LogP contribution in [0.1, 0.15) is 18.9 Å². The largest absolute Gasteiger partial charge is 0.469 e. The van der Waals surface area contributed by atoms with E-state index in [0.717, 1.165) is 11.9 Å². The molecular weight excluding hydrogens is 240 g/mol. The Morgan fingerprint density at radius 1 is 1.42 bits per heavy atom. The summed E-state index contributed by atoms with van der Waals surface area (Å²) < 4.78 is 4.72. The highest BCUT2D eigenvalue weighted by Crippen LogP contribution is 2.20. The molecule has 4 nitrogen and oxygen atoms in total. The molecule has 4 heteroatoms. The number of carbonyl (C=O) groups excluding carboxylic acids is 1. The van der Waals surface area contributed by atoms with Crippen LogP contribution in [0.2, 0.25) is 0 Å². The molecule has 0 bridgehead atoms. The zero-order valence-electron chi connectivity index (χ0n) is 11.3. The fraction of sp³-hybridized carbons (Fsp3) is 0.400. The fourth-order valence-electron chi connectivity index (χ4n) is 2.42. The van der Waals surface area contributed by atoms with Crippen molar-refractivity contribution >= 4 is 16.9 Å². The molecule has 0 saturated heterocycles. The van der Waals surface area contributed by atoms with Gasteiger partial charge in [-0.25, -0.2) is 0 Å². The van der Waals surface area contributed by atoms with Crippen LogP contribution < -0.4 is 5.73 Å². The Bertz CT molecular complexity index is 562. The van der Waals surface area contributed by atoms with Gasteiger partial charge in [-0.2, -0.15) is 0 Å². The van der Waals surface area contributed by atoms with Crippen LogP contribution in [-0.2, 0) is 16.0 Å². The molecule has 3 N–H and O–H groups in total. The van der Waals surface area contributed by atoms with Gasteiger partial charge in [0, 0.05) is 23.1 Å². The molecule has 0 aliphatic rings. The number of aromatic nitrogens is 1. The van der Waals surface area contributed by atoms with Gasteiger partial charge in [-0.1, -0.05) is 25.1 Å². The first-order chi connectivity index (χ1) is 9.11. The number of benzene rings is 1. The summed E-state index contributed by atoms with van der Waals surface area (Å²) in [6, 6.07) is 8.09. The highest BCUT2D eigenvalue weighted by molar-refractivity contribution is 5.83. The Labute approximate surface area is 112 Å². The van der Waals surface area contributed by atoms with E-state index >= 15 is 0 Å². The molecule has 1 unspecified atom stereocenters. The van der Waals surface area contributed by atoms with E-state index in [1.165, 1.54) is 18.1 Å². The van der Waals surface area contributed by atoms with Gasteiger partial charge in [-0.3, -0.25) is 4.79 Å². The van der Waals surface area contributed by atoms with Crippen LogP contribution in [0, 0.1) is 5.92 Å². The summed E-state index contributed by atoms with van der Waals surface area (Å²) in [5, 5.41) is 1.20. The molecule has 1 aromatic carbocycles. The maximum atomic E-state index is 11.4. The van der Waals surface area contributed by atoms with E-state index in [1.807, 2.05) is 31.3 Å². The lowest BCUT2D eigenvalue weighted by atomic mass is 9.97. The number of aromatic amines is 1. The van der Waals surface area contributed by atoms with Crippen molar-refractivity contribution in [2.45, 2.75) is 25.8 Å². The molecule has 2 atom stereocenters. The van der Waals surface area contributed by atoms with Crippen LogP contribution in [0.25, 0.3) is 10.9 Å². The smallest absolute Gasteiger partial charge is 0.308 e. The molecule has 0 aliphatic heterocycles. The molecule has 0 amide bonds. The molecule has 2 aromatic rings. The molecule has 0 aliphatic carbocycles. The van der Waals surface area contributed by atoms with Gasteiger partial charge in [0.25, 0.3) is 0 Å². The summed E-state index contributed by atoms with van der Waals surface area (Å²) in [5.41, 5.74) is 8.44. The van der Waals surface area contributed by atoms with Crippen molar-refractivity contribution in [1.29, 1.82) is 0 Å². The minimum Gasteiger partial charge on any atom is -0.469 e. The highest BCUT2D eigenvalue weighted by Gasteiger charge is 2.18. The van der Waals surface area contributed by atoms with Crippen molar-refractivity contribution in [3.8, 4) is 0 Å². The standard InChI is InChI=1S/C15H20N2O2/c1-10(15(18)19-2)7-12(16)8-11-9-17-14-6-4-3-5-13(11)14/h3-6,9-10,12,17H,7-8,16H2,1-2H3/t10?,12-/m1/s1. The molecule has 0 saturated carbocycles. The molecule has 1 heterocycles. The van der Waals surface area contributed by atoms with Crippen LogP contribution >= 0.6 is 0 Å². The Kier molecular flexibility index (Phi) is 4.22. The van der Waals surface area contributed by atoms with Crippen molar-refractivity contribution in [3.63, 3.8) is 0 Å². The van der Waals surface area contributed by atoms with E-state index < -0.39 is 0 Å². The summed E-state index contributed by atoms with van der Waals surface area (Å²) >= 11 is 0. The first-order valence-corrected chi connectivity index (χ1v) is 6.50. The number of carbonyl (C=O) groups is 1. The summed E-state index contributed by atoms with van der Waals surface area (Å²) in [4.78, 5) is 14.6. The molecule has 1 aromatic heterocycles. The third kappa shape index (κ3) is 3.15. The molecule has 0 fully saturated rings. The number of nitrogens with one attached hydrogen (secondary N) is 1. The van der Waals surface area contributed by atoms with Gasteiger partial charge in [-0.05, 0) is 24.5 Å². The van der Waals surface area contributed by atoms with E-state index in [1.54, 1.807) is 0 Å². The summed E-state index contributed by atoms with van der Waals surface area (Å²) in [6.07, 6.45) is 3.38. The van der Waals surface area contributed by atoms with E-state index in [0.29, 0.717) is 6.42 Å². The summed E-state index contributed by atoms with van der Waals surface area (Å²) in [6.45, 7) is 1.85. The zero-order chi connectivity index (χ0) is 13.8. The van der Waals surface area contributed by atoms with Crippen LogP contribution in [0.3, 0.4) is 0 Å². The lowest BCUT2D eigenvalue weighted by Crippen LogP contribution is -2.28. The van der Waals surface area contributed by atoms with Gasteiger partial charge >= 0.3 is 5.97 Å². The topological polar surface area (TPSA) is 68.1 Å². The maximum absolute atomic E-state index is 11.4. The number of hydrogen-bond acceptors (Lipinski definition) is 3. The maximum Gasteiger partial charge on any atom is 0.308 e. The predicted octanol–water partition coefficient (Wildman–Crippen LogP) is 2.24. The lowest BCUT2D eigenvalue weighted by molar-refractivity contribution is -0.145. The van der Waals surface area contributed by atoms with Crippen LogP contribution in [0.15, 0.2) is 30.5 Å². The second kappa shape index (κ2) is 5.89. The fourth-order valence-corrected chi connectivity index (χ4v) is 2.42. The van der Waals surface area contributed by atoms with E-state index in [2.05, 4.69) is 11.1 Å². The average Bonchev–Trinajstić information content (AvgIpc) is 2.81. The van der Waals surface area contributed by atoms with E-state index in [9.17, 15) is 4.79 Å². The van der Waals surface area contributed by atoms with Crippen molar-refractivity contribution in [2.24, 2.45) is 11.7 Å². The number of methoxy groups -OCH3 is 1. The molecule has 0 radical (unpaired) electrons. The molecule has 19 heavy (non-hydrogen) atoms. The molecule has 0 spiro atoms. The number of para-hydroxylation sites is 1. The molecule has 2 rings (SSSR count). The number of ether oxygens (including phenoxy) is 1. The molecule has 102 valence electrons. The van der Waals surface area contributed by atoms with Crippen LogP contribution in [0.4, 0.5) is 0 Å². The lowest BCUT2D eigenvalue weighted by Gasteiger charge is -2.15. The summed E-state index contributed by atoms with van der Waals surface area (Å²) in [5.74, 6) is -0.361.